The summed E-state index contributed by atoms with van der Waals surface area (Å²) < 4.78 is 5.11. The number of carbonyl (C=O) groups is 1. The summed E-state index contributed by atoms with van der Waals surface area (Å²) in [5.41, 5.74) is 6.78. The number of rotatable bonds is 7. The molecule has 4 nitrogen and oxygen atoms in total. The van der Waals surface area contributed by atoms with Crippen LogP contribution in [0.1, 0.15) is 38.2 Å². The van der Waals surface area contributed by atoms with E-state index in [-0.39, 0.29) is 17.9 Å². The van der Waals surface area contributed by atoms with Crippen LogP contribution in [0.4, 0.5) is 0 Å². The summed E-state index contributed by atoms with van der Waals surface area (Å²) in [5, 5.41) is 2.89. The number of methoxy groups -OCH3 is 1. The number of hydrogen-bond acceptors (Lipinski definition) is 3. The smallest absolute Gasteiger partial charge is 0.220 e. The van der Waals surface area contributed by atoms with Crippen LogP contribution < -0.4 is 15.8 Å². The van der Waals surface area contributed by atoms with Gasteiger partial charge in [-0.05, 0) is 37.0 Å². The maximum absolute atomic E-state index is 11.8. The maximum Gasteiger partial charge on any atom is 0.220 e. The second-order valence-electron chi connectivity index (χ2n) is 4.99. The van der Waals surface area contributed by atoms with Gasteiger partial charge in [-0.15, -0.1) is 0 Å². The van der Waals surface area contributed by atoms with E-state index >= 15 is 0 Å². The second-order valence-corrected chi connectivity index (χ2v) is 4.99. The van der Waals surface area contributed by atoms with Crippen LogP contribution in [0.5, 0.6) is 5.75 Å². The summed E-state index contributed by atoms with van der Waals surface area (Å²) in [6, 6.07) is 7.95. The van der Waals surface area contributed by atoms with Crippen molar-refractivity contribution in [2.45, 2.75) is 38.6 Å². The number of benzene rings is 1. The summed E-state index contributed by atoms with van der Waals surface area (Å²) in [6.45, 7) is 4.63. The number of amides is 1. The Hall–Kier alpha value is -1.55. The number of hydrogen-bond donors (Lipinski definition) is 2. The Bertz CT molecular complexity index is 388. The Labute approximate surface area is 115 Å². The van der Waals surface area contributed by atoms with Crippen LogP contribution >= 0.6 is 0 Å². The fourth-order valence-corrected chi connectivity index (χ4v) is 1.84. The number of ether oxygens (including phenoxy) is 1. The van der Waals surface area contributed by atoms with Gasteiger partial charge in [-0.3, -0.25) is 4.79 Å². The molecule has 1 rings (SSSR count). The first kappa shape index (κ1) is 15.5. The predicted octanol–water partition coefficient (Wildman–Crippen LogP) is 2.04. The highest BCUT2D eigenvalue weighted by molar-refractivity contribution is 5.76. The van der Waals surface area contributed by atoms with E-state index in [0.29, 0.717) is 13.0 Å². The van der Waals surface area contributed by atoms with Crippen LogP contribution in [0.2, 0.25) is 0 Å². The van der Waals surface area contributed by atoms with E-state index in [1.54, 1.807) is 7.11 Å². The molecule has 3 N–H and O–H groups in total. The third-order valence-corrected chi connectivity index (χ3v) is 3.10. The summed E-state index contributed by atoms with van der Waals surface area (Å²) in [4.78, 5) is 11.8. The van der Waals surface area contributed by atoms with Crippen LogP contribution in [0.15, 0.2) is 24.3 Å². The monoisotopic (exact) mass is 264 g/mol. The van der Waals surface area contributed by atoms with Gasteiger partial charge in [0.1, 0.15) is 5.75 Å². The third kappa shape index (κ3) is 5.75. The van der Waals surface area contributed by atoms with Gasteiger partial charge in [0.25, 0.3) is 0 Å². The molecule has 2 unspecified atom stereocenters. The van der Waals surface area contributed by atoms with E-state index in [1.165, 1.54) is 0 Å². The van der Waals surface area contributed by atoms with Crippen LogP contribution in [0.3, 0.4) is 0 Å². The first-order valence-corrected chi connectivity index (χ1v) is 6.69. The average molecular weight is 264 g/mol. The Morgan fingerprint density at radius 3 is 2.47 bits per heavy atom. The van der Waals surface area contributed by atoms with Crippen molar-refractivity contribution in [3.63, 3.8) is 0 Å². The lowest BCUT2D eigenvalue weighted by Crippen LogP contribution is -2.29. The molecule has 2 atom stereocenters. The van der Waals surface area contributed by atoms with Gasteiger partial charge in [0.15, 0.2) is 0 Å². The lowest BCUT2D eigenvalue weighted by Gasteiger charge is -2.13. The summed E-state index contributed by atoms with van der Waals surface area (Å²) in [7, 11) is 1.64. The number of nitrogens with one attached hydrogen (secondary N) is 1. The van der Waals surface area contributed by atoms with Gasteiger partial charge in [-0.2, -0.15) is 0 Å². The van der Waals surface area contributed by atoms with E-state index in [1.807, 2.05) is 38.1 Å². The zero-order valence-electron chi connectivity index (χ0n) is 12.0. The number of nitrogens with two attached hydrogens (primary N) is 1. The molecule has 0 aromatic heterocycles. The quantitative estimate of drug-likeness (QED) is 0.792. The van der Waals surface area contributed by atoms with E-state index in [0.717, 1.165) is 17.7 Å². The van der Waals surface area contributed by atoms with Crippen molar-refractivity contribution < 1.29 is 9.53 Å². The van der Waals surface area contributed by atoms with Crippen molar-refractivity contribution in [3.8, 4) is 5.75 Å². The summed E-state index contributed by atoms with van der Waals surface area (Å²) in [6.07, 6.45) is 1.30. The molecule has 0 spiro atoms. The topological polar surface area (TPSA) is 64.3 Å². The third-order valence-electron chi connectivity index (χ3n) is 3.10. The summed E-state index contributed by atoms with van der Waals surface area (Å²) in [5.74, 6) is 1.10. The fourth-order valence-electron chi connectivity index (χ4n) is 1.84. The largest absolute Gasteiger partial charge is 0.497 e. The molecule has 0 aliphatic heterocycles. The maximum atomic E-state index is 11.8. The number of carbonyl (C=O) groups excluding carboxylic acids is 1. The highest BCUT2D eigenvalue weighted by atomic mass is 16.5. The van der Waals surface area contributed by atoms with Gasteiger partial charge in [0, 0.05) is 19.0 Å². The SMILES string of the molecule is COc1ccc(C(C)CC(=O)NCCC(C)N)cc1. The van der Waals surface area contributed by atoms with Crippen LogP contribution in [0, 0.1) is 0 Å². The Balaban J connectivity index is 2.40. The van der Waals surface area contributed by atoms with Crippen LogP contribution in [-0.2, 0) is 4.79 Å². The minimum absolute atomic E-state index is 0.0731. The van der Waals surface area contributed by atoms with Gasteiger partial charge in [0.2, 0.25) is 5.91 Å². The van der Waals surface area contributed by atoms with E-state index in [2.05, 4.69) is 5.32 Å². The molecular weight excluding hydrogens is 240 g/mol. The van der Waals surface area contributed by atoms with Gasteiger partial charge >= 0.3 is 0 Å². The molecule has 4 heteroatoms. The minimum atomic E-state index is 0.0731. The molecule has 1 aromatic rings. The fraction of sp³-hybridized carbons (Fsp3) is 0.533. The molecule has 0 saturated carbocycles. The minimum Gasteiger partial charge on any atom is -0.497 e. The van der Waals surface area contributed by atoms with Crippen LogP contribution in [-0.4, -0.2) is 25.6 Å². The zero-order valence-corrected chi connectivity index (χ0v) is 12.0. The second kappa shape index (κ2) is 7.79. The highest BCUT2D eigenvalue weighted by Gasteiger charge is 2.11. The average Bonchev–Trinajstić information content (AvgIpc) is 2.38. The van der Waals surface area contributed by atoms with Crippen LogP contribution in [0.25, 0.3) is 0 Å². The van der Waals surface area contributed by atoms with Gasteiger partial charge in [-0.1, -0.05) is 19.1 Å². The molecule has 0 fully saturated rings. The van der Waals surface area contributed by atoms with Crippen molar-refractivity contribution in [2.75, 3.05) is 13.7 Å². The molecule has 106 valence electrons. The molecule has 0 saturated heterocycles. The lowest BCUT2D eigenvalue weighted by atomic mass is 9.97. The molecule has 0 heterocycles. The highest BCUT2D eigenvalue weighted by Crippen LogP contribution is 2.21. The zero-order chi connectivity index (χ0) is 14.3. The van der Waals surface area contributed by atoms with Gasteiger partial charge in [-0.25, -0.2) is 0 Å². The molecular formula is C15H24N2O2. The van der Waals surface area contributed by atoms with Gasteiger partial charge in [0.05, 0.1) is 7.11 Å². The summed E-state index contributed by atoms with van der Waals surface area (Å²) >= 11 is 0. The molecule has 19 heavy (non-hydrogen) atoms. The molecule has 0 aliphatic rings. The molecule has 1 aromatic carbocycles. The van der Waals surface area contributed by atoms with E-state index in [9.17, 15) is 4.79 Å². The molecule has 0 radical (unpaired) electrons. The predicted molar refractivity (Wildman–Crippen MR) is 77.3 cm³/mol. The first-order chi connectivity index (χ1) is 9.02. The van der Waals surface area contributed by atoms with Crippen molar-refractivity contribution >= 4 is 5.91 Å². The van der Waals surface area contributed by atoms with Crippen molar-refractivity contribution in [1.82, 2.24) is 5.32 Å². The standard InChI is InChI=1S/C15H24N2O2/c1-11(10-15(18)17-9-8-12(2)16)13-4-6-14(19-3)7-5-13/h4-7,11-12H,8-10,16H2,1-3H3,(H,17,18). The van der Waals surface area contributed by atoms with Crippen molar-refractivity contribution in [2.24, 2.45) is 5.73 Å². The lowest BCUT2D eigenvalue weighted by molar-refractivity contribution is -0.121. The molecule has 0 aliphatic carbocycles. The van der Waals surface area contributed by atoms with Crippen molar-refractivity contribution in [1.29, 1.82) is 0 Å². The van der Waals surface area contributed by atoms with Gasteiger partial charge < -0.3 is 15.8 Å². The Morgan fingerprint density at radius 2 is 1.95 bits per heavy atom. The normalized spacial score (nSPS) is 13.7. The van der Waals surface area contributed by atoms with Crippen molar-refractivity contribution in [3.05, 3.63) is 29.8 Å². The van der Waals surface area contributed by atoms with E-state index < -0.39 is 0 Å². The molecule has 1 amide bonds. The molecule has 0 bridgehead atoms. The Kier molecular flexibility index (Phi) is 6.36. The first-order valence-electron chi connectivity index (χ1n) is 6.69. The Morgan fingerprint density at radius 1 is 1.32 bits per heavy atom. The van der Waals surface area contributed by atoms with E-state index in [4.69, 9.17) is 10.5 Å².